The lowest BCUT2D eigenvalue weighted by atomic mass is 10.1. The molecule has 7 heteroatoms. The summed E-state index contributed by atoms with van der Waals surface area (Å²) in [6, 6.07) is 9.77. The molecule has 0 aromatic heterocycles. The average Bonchev–Trinajstić information content (AvgIpc) is 2.86. The van der Waals surface area contributed by atoms with E-state index in [0.29, 0.717) is 19.7 Å². The van der Waals surface area contributed by atoms with Crippen molar-refractivity contribution in [1.82, 2.24) is 10.6 Å². The molecule has 1 aromatic carbocycles. The van der Waals surface area contributed by atoms with E-state index in [1.54, 1.807) is 0 Å². The molecular formula is C28H48N2O5. The Morgan fingerprint density at radius 1 is 0.714 bits per heavy atom. The van der Waals surface area contributed by atoms with Crippen LogP contribution in [-0.2, 0) is 20.8 Å². The molecule has 0 aliphatic heterocycles. The van der Waals surface area contributed by atoms with Crippen LogP contribution in [0.15, 0.2) is 30.3 Å². The molecule has 0 saturated heterocycles. The maximum atomic E-state index is 12.2. The molecule has 7 nitrogen and oxygen atoms in total. The molecule has 2 amide bonds. The van der Waals surface area contributed by atoms with E-state index in [1.807, 2.05) is 30.3 Å². The Balaban J connectivity index is 2.32. The zero-order valence-corrected chi connectivity index (χ0v) is 22.0. The number of ether oxygens (including phenoxy) is 3. The van der Waals surface area contributed by atoms with Crippen LogP contribution in [0.3, 0.4) is 0 Å². The van der Waals surface area contributed by atoms with Crippen LogP contribution < -0.4 is 10.6 Å². The molecule has 0 bridgehead atoms. The highest BCUT2D eigenvalue weighted by Gasteiger charge is 2.17. The van der Waals surface area contributed by atoms with Crippen LogP contribution in [0.2, 0.25) is 0 Å². The van der Waals surface area contributed by atoms with Crippen molar-refractivity contribution in [3.05, 3.63) is 35.9 Å². The molecule has 1 rings (SSSR count). The number of hydrogen-bond donors (Lipinski definition) is 2. The molecule has 0 spiro atoms. The van der Waals surface area contributed by atoms with Gasteiger partial charge < -0.3 is 24.8 Å². The largest absolute Gasteiger partial charge is 0.446 e. The van der Waals surface area contributed by atoms with Crippen LogP contribution in [0.5, 0.6) is 0 Å². The highest BCUT2D eigenvalue weighted by molar-refractivity contribution is 5.68. The first-order valence-corrected chi connectivity index (χ1v) is 13.6. The van der Waals surface area contributed by atoms with Gasteiger partial charge in [0.1, 0.15) is 6.61 Å². The molecule has 1 aromatic rings. The van der Waals surface area contributed by atoms with Gasteiger partial charge in [0, 0.05) is 13.1 Å². The highest BCUT2D eigenvalue weighted by atomic mass is 16.6. The minimum atomic E-state index is -0.678. The summed E-state index contributed by atoms with van der Waals surface area (Å²) in [4.78, 5) is 24.3. The lowest BCUT2D eigenvalue weighted by molar-refractivity contribution is -0.0164. The summed E-state index contributed by atoms with van der Waals surface area (Å²) in [6.45, 7) is 6.03. The van der Waals surface area contributed by atoms with Gasteiger partial charge in [-0.25, -0.2) is 9.59 Å². The third-order valence-electron chi connectivity index (χ3n) is 5.69. The maximum absolute atomic E-state index is 12.2. The van der Waals surface area contributed by atoms with Gasteiger partial charge in [-0.2, -0.15) is 0 Å². The van der Waals surface area contributed by atoms with Gasteiger partial charge in [0.15, 0.2) is 6.10 Å². The predicted octanol–water partition coefficient (Wildman–Crippen LogP) is 6.75. The highest BCUT2D eigenvalue weighted by Crippen LogP contribution is 2.06. The van der Waals surface area contributed by atoms with Gasteiger partial charge in [0.2, 0.25) is 0 Å². The minimum Gasteiger partial charge on any atom is -0.446 e. The third kappa shape index (κ3) is 18.7. The molecule has 0 radical (unpaired) electrons. The molecule has 2 N–H and O–H groups in total. The Morgan fingerprint density at radius 2 is 1.26 bits per heavy atom. The van der Waals surface area contributed by atoms with Gasteiger partial charge in [-0.05, 0) is 18.4 Å². The van der Waals surface area contributed by atoms with E-state index in [4.69, 9.17) is 14.2 Å². The predicted molar refractivity (Wildman–Crippen MR) is 140 cm³/mol. The number of hydrogen-bond acceptors (Lipinski definition) is 5. The summed E-state index contributed by atoms with van der Waals surface area (Å²) < 4.78 is 16.5. The van der Waals surface area contributed by atoms with Gasteiger partial charge in [0.25, 0.3) is 0 Å². The normalized spacial score (nSPS) is 11.6. The quantitative estimate of drug-likeness (QED) is 0.186. The van der Waals surface area contributed by atoms with Gasteiger partial charge >= 0.3 is 12.2 Å². The number of carbonyl (C=O) groups is 2. The summed E-state index contributed by atoms with van der Waals surface area (Å²) >= 11 is 0. The number of amides is 2. The molecule has 200 valence electrons. The monoisotopic (exact) mass is 492 g/mol. The minimum absolute atomic E-state index is 0.0540. The summed E-state index contributed by atoms with van der Waals surface area (Å²) in [5.74, 6) is 0. The Labute approximate surface area is 212 Å². The van der Waals surface area contributed by atoms with Crippen molar-refractivity contribution in [1.29, 1.82) is 0 Å². The van der Waals surface area contributed by atoms with Crippen molar-refractivity contribution in [3.8, 4) is 0 Å². The molecular weight excluding hydrogens is 444 g/mol. The summed E-state index contributed by atoms with van der Waals surface area (Å²) in [6.07, 6.45) is 12.2. The average molecular weight is 493 g/mol. The van der Waals surface area contributed by atoms with Gasteiger partial charge in [-0.15, -0.1) is 0 Å². The van der Waals surface area contributed by atoms with Crippen LogP contribution in [0.4, 0.5) is 9.59 Å². The fourth-order valence-corrected chi connectivity index (χ4v) is 3.60. The number of nitrogens with one attached hydrogen (secondary N) is 2. The van der Waals surface area contributed by atoms with Gasteiger partial charge in [-0.1, -0.05) is 108 Å². The fraction of sp³-hybridized carbons (Fsp3) is 0.714. The molecule has 0 heterocycles. The SMILES string of the molecule is CCCCCCCCNC(=O)OC[C@@H](COCc1ccccc1)OC(=O)NCCCCCCCC. The van der Waals surface area contributed by atoms with Crippen molar-refractivity contribution in [3.63, 3.8) is 0 Å². The molecule has 1 atom stereocenters. The number of unbranched alkanes of at least 4 members (excludes halogenated alkanes) is 10. The number of rotatable bonds is 21. The van der Waals surface area contributed by atoms with Crippen LogP contribution in [-0.4, -0.2) is 44.6 Å². The van der Waals surface area contributed by atoms with E-state index in [2.05, 4.69) is 24.5 Å². The first-order valence-electron chi connectivity index (χ1n) is 13.6. The first kappa shape index (κ1) is 30.8. The number of carbonyl (C=O) groups excluding carboxylic acids is 2. The van der Waals surface area contributed by atoms with E-state index in [9.17, 15) is 9.59 Å². The molecule has 0 saturated carbocycles. The van der Waals surface area contributed by atoms with Crippen molar-refractivity contribution < 1.29 is 23.8 Å². The van der Waals surface area contributed by atoms with E-state index in [0.717, 1.165) is 31.2 Å². The molecule has 0 aliphatic carbocycles. The van der Waals surface area contributed by atoms with Crippen LogP contribution in [0.25, 0.3) is 0 Å². The van der Waals surface area contributed by atoms with Gasteiger partial charge in [0.05, 0.1) is 13.2 Å². The maximum Gasteiger partial charge on any atom is 0.407 e. The van der Waals surface area contributed by atoms with E-state index < -0.39 is 18.3 Å². The van der Waals surface area contributed by atoms with Crippen LogP contribution >= 0.6 is 0 Å². The molecule has 0 fully saturated rings. The lowest BCUT2D eigenvalue weighted by Crippen LogP contribution is -2.36. The van der Waals surface area contributed by atoms with E-state index >= 15 is 0 Å². The zero-order chi connectivity index (χ0) is 25.4. The fourth-order valence-electron chi connectivity index (χ4n) is 3.60. The Morgan fingerprint density at radius 3 is 1.86 bits per heavy atom. The lowest BCUT2D eigenvalue weighted by Gasteiger charge is -2.19. The Hall–Kier alpha value is -2.28. The smallest absolute Gasteiger partial charge is 0.407 e. The van der Waals surface area contributed by atoms with E-state index in [1.165, 1.54) is 51.4 Å². The second-order valence-electron chi connectivity index (χ2n) is 9.02. The van der Waals surface area contributed by atoms with Crippen LogP contribution in [0.1, 0.15) is 96.5 Å². The number of benzene rings is 1. The van der Waals surface area contributed by atoms with Crippen molar-refractivity contribution in [2.45, 2.75) is 104 Å². The number of alkyl carbamates (subject to hydrolysis) is 2. The van der Waals surface area contributed by atoms with Crippen molar-refractivity contribution >= 4 is 12.2 Å². The second-order valence-corrected chi connectivity index (χ2v) is 9.02. The zero-order valence-electron chi connectivity index (χ0n) is 22.0. The summed E-state index contributed by atoms with van der Waals surface area (Å²) in [5.41, 5.74) is 1.02. The summed E-state index contributed by atoms with van der Waals surface area (Å²) in [5, 5.41) is 5.56. The third-order valence-corrected chi connectivity index (χ3v) is 5.69. The van der Waals surface area contributed by atoms with Gasteiger partial charge in [-0.3, -0.25) is 0 Å². The van der Waals surface area contributed by atoms with Crippen LogP contribution in [0, 0.1) is 0 Å². The Kier molecular flexibility index (Phi) is 19.5. The molecule has 0 unspecified atom stereocenters. The molecule has 0 aliphatic rings. The van der Waals surface area contributed by atoms with E-state index in [-0.39, 0.29) is 13.2 Å². The summed E-state index contributed by atoms with van der Waals surface area (Å²) in [7, 11) is 0. The second kappa shape index (κ2) is 22.2. The first-order chi connectivity index (χ1) is 17.2. The standard InChI is InChI=1S/C28H48N2O5/c1-3-5-7-9-11-16-20-29-27(31)34-24-26(23-33-22-25-18-14-13-15-19-25)35-28(32)30-21-17-12-10-8-6-4-2/h13-15,18-19,26H,3-12,16-17,20-24H2,1-2H3,(H,29,31)(H,30,32)/t26-/m1/s1. The van der Waals surface area contributed by atoms with Crippen molar-refractivity contribution in [2.75, 3.05) is 26.3 Å². The topological polar surface area (TPSA) is 85.9 Å². The molecule has 35 heavy (non-hydrogen) atoms. The Bertz CT molecular complexity index is 641. The van der Waals surface area contributed by atoms with Crippen molar-refractivity contribution in [2.24, 2.45) is 0 Å².